The molecule has 0 saturated carbocycles. The second-order valence-electron chi connectivity index (χ2n) is 4.54. The van der Waals surface area contributed by atoms with Crippen molar-refractivity contribution in [3.05, 3.63) is 35.4 Å². The summed E-state index contributed by atoms with van der Waals surface area (Å²) in [6, 6.07) is 6.96. The topological polar surface area (TPSA) is 52.6 Å². The van der Waals surface area contributed by atoms with Gasteiger partial charge >= 0.3 is 11.9 Å². The maximum atomic E-state index is 11.8. The van der Waals surface area contributed by atoms with E-state index >= 15 is 0 Å². The number of methoxy groups -OCH3 is 1. The second-order valence-corrected chi connectivity index (χ2v) is 4.54. The summed E-state index contributed by atoms with van der Waals surface area (Å²) in [4.78, 5) is 23.6. The molecule has 0 fully saturated rings. The average molecular weight is 234 g/mol. The van der Waals surface area contributed by atoms with Gasteiger partial charge in [-0.25, -0.2) is 4.79 Å². The van der Waals surface area contributed by atoms with E-state index in [0.29, 0.717) is 11.1 Å². The molecule has 1 aliphatic heterocycles. The highest BCUT2D eigenvalue weighted by Crippen LogP contribution is 2.39. The maximum Gasteiger partial charge on any atom is 0.339 e. The maximum absolute atomic E-state index is 11.8. The zero-order valence-corrected chi connectivity index (χ0v) is 10.0. The van der Waals surface area contributed by atoms with E-state index in [9.17, 15) is 9.59 Å². The van der Waals surface area contributed by atoms with Gasteiger partial charge in [0.1, 0.15) is 11.5 Å². The van der Waals surface area contributed by atoms with Gasteiger partial charge in [0.15, 0.2) is 0 Å². The zero-order valence-electron chi connectivity index (χ0n) is 10.0. The molecule has 1 aliphatic rings. The lowest BCUT2D eigenvalue weighted by Crippen LogP contribution is -2.44. The van der Waals surface area contributed by atoms with Gasteiger partial charge in [0.2, 0.25) is 0 Å². The van der Waals surface area contributed by atoms with Gasteiger partial charge in [-0.2, -0.15) is 0 Å². The van der Waals surface area contributed by atoms with E-state index in [4.69, 9.17) is 9.47 Å². The van der Waals surface area contributed by atoms with Gasteiger partial charge in [-0.15, -0.1) is 0 Å². The predicted octanol–water partition coefficient (Wildman–Crippen LogP) is 1.89. The molecule has 4 heteroatoms. The van der Waals surface area contributed by atoms with Crippen LogP contribution >= 0.6 is 0 Å². The molecule has 90 valence electrons. The highest BCUT2D eigenvalue weighted by atomic mass is 16.6. The molecule has 0 radical (unpaired) electrons. The Morgan fingerprint density at radius 3 is 2.65 bits per heavy atom. The highest BCUT2D eigenvalue weighted by Gasteiger charge is 2.46. The molecule has 0 spiro atoms. The minimum atomic E-state index is -0.890. The first-order chi connectivity index (χ1) is 7.97. The fourth-order valence-electron chi connectivity index (χ4n) is 2.19. The van der Waals surface area contributed by atoms with Crippen molar-refractivity contribution in [3.63, 3.8) is 0 Å². The van der Waals surface area contributed by atoms with Crippen molar-refractivity contribution in [2.45, 2.75) is 25.4 Å². The van der Waals surface area contributed by atoms with E-state index < -0.39 is 23.5 Å². The first-order valence-corrected chi connectivity index (χ1v) is 5.37. The second kappa shape index (κ2) is 3.87. The average Bonchev–Trinajstić information content (AvgIpc) is 2.27. The monoisotopic (exact) mass is 234 g/mol. The molecule has 1 atom stereocenters. The van der Waals surface area contributed by atoms with Crippen LogP contribution in [0.4, 0.5) is 0 Å². The lowest BCUT2D eigenvalue weighted by atomic mass is 9.80. The van der Waals surface area contributed by atoms with Gasteiger partial charge in [0.05, 0.1) is 12.7 Å². The van der Waals surface area contributed by atoms with Gasteiger partial charge in [0.25, 0.3) is 0 Å². The zero-order chi connectivity index (χ0) is 12.6. The van der Waals surface area contributed by atoms with Gasteiger partial charge in [-0.1, -0.05) is 18.2 Å². The number of hydrogen-bond donors (Lipinski definition) is 0. The number of cyclic esters (lactones) is 1. The molecule has 1 aromatic rings. The lowest BCUT2D eigenvalue weighted by Gasteiger charge is -2.37. The van der Waals surface area contributed by atoms with Crippen LogP contribution < -0.4 is 0 Å². The Morgan fingerprint density at radius 2 is 2.00 bits per heavy atom. The molecular weight excluding hydrogens is 220 g/mol. The molecule has 0 N–H and O–H groups in total. The first-order valence-electron chi connectivity index (χ1n) is 5.37. The van der Waals surface area contributed by atoms with Gasteiger partial charge in [-0.05, 0) is 25.5 Å². The van der Waals surface area contributed by atoms with Gasteiger partial charge < -0.3 is 9.47 Å². The van der Waals surface area contributed by atoms with Crippen molar-refractivity contribution >= 4 is 11.9 Å². The van der Waals surface area contributed by atoms with Crippen LogP contribution in [0.3, 0.4) is 0 Å². The van der Waals surface area contributed by atoms with Crippen LogP contribution in [-0.2, 0) is 14.3 Å². The van der Waals surface area contributed by atoms with Crippen LogP contribution in [-0.4, -0.2) is 24.6 Å². The summed E-state index contributed by atoms with van der Waals surface area (Å²) in [5.74, 6) is -1.37. The van der Waals surface area contributed by atoms with Crippen LogP contribution in [0, 0.1) is 0 Å². The number of ether oxygens (including phenoxy) is 2. The SMILES string of the molecule is COC(=O)C1c2ccccc2C(=O)OC1(C)C. The molecule has 17 heavy (non-hydrogen) atoms. The molecule has 4 nitrogen and oxygen atoms in total. The van der Waals surface area contributed by atoms with E-state index in [2.05, 4.69) is 0 Å². The Balaban J connectivity index is 2.59. The number of hydrogen-bond acceptors (Lipinski definition) is 4. The molecule has 1 aromatic carbocycles. The summed E-state index contributed by atoms with van der Waals surface area (Å²) in [7, 11) is 1.33. The van der Waals surface area contributed by atoms with Crippen LogP contribution in [0.5, 0.6) is 0 Å². The first kappa shape index (κ1) is 11.6. The summed E-state index contributed by atoms with van der Waals surface area (Å²) in [5.41, 5.74) is 0.209. The lowest BCUT2D eigenvalue weighted by molar-refractivity contribution is -0.149. The third kappa shape index (κ3) is 1.79. The van der Waals surface area contributed by atoms with E-state index in [0.717, 1.165) is 0 Å². The summed E-state index contributed by atoms with van der Waals surface area (Å²) >= 11 is 0. The van der Waals surface area contributed by atoms with E-state index in [1.54, 1.807) is 38.1 Å². The number of esters is 2. The molecule has 2 rings (SSSR count). The summed E-state index contributed by atoms with van der Waals surface area (Å²) in [6.45, 7) is 3.42. The minimum Gasteiger partial charge on any atom is -0.468 e. The largest absolute Gasteiger partial charge is 0.468 e. The summed E-state index contributed by atoms with van der Waals surface area (Å²) in [6.07, 6.45) is 0. The van der Waals surface area contributed by atoms with Crippen molar-refractivity contribution < 1.29 is 19.1 Å². The molecule has 0 aliphatic carbocycles. The summed E-state index contributed by atoms with van der Waals surface area (Å²) < 4.78 is 10.1. The number of carbonyl (C=O) groups is 2. The Hall–Kier alpha value is -1.84. The van der Waals surface area contributed by atoms with Gasteiger partial charge in [0, 0.05) is 0 Å². The number of rotatable bonds is 1. The summed E-state index contributed by atoms with van der Waals surface area (Å²) in [5, 5.41) is 0. The highest BCUT2D eigenvalue weighted by molar-refractivity contribution is 5.96. The molecule has 1 heterocycles. The molecule has 0 bridgehead atoms. The number of carbonyl (C=O) groups excluding carboxylic acids is 2. The predicted molar refractivity (Wildman–Crippen MR) is 60.7 cm³/mol. The Bertz CT molecular complexity index is 476. The number of fused-ring (bicyclic) bond motifs is 1. The molecule has 0 saturated heterocycles. The minimum absolute atomic E-state index is 0.394. The van der Waals surface area contributed by atoms with E-state index in [1.165, 1.54) is 7.11 Å². The van der Waals surface area contributed by atoms with Crippen molar-refractivity contribution in [1.29, 1.82) is 0 Å². The Kier molecular flexibility index (Phi) is 2.65. The van der Waals surface area contributed by atoms with Gasteiger partial charge in [-0.3, -0.25) is 4.79 Å². The van der Waals surface area contributed by atoms with Crippen molar-refractivity contribution in [2.75, 3.05) is 7.11 Å². The van der Waals surface area contributed by atoms with Crippen LogP contribution in [0.1, 0.15) is 35.7 Å². The molecule has 1 unspecified atom stereocenters. The van der Waals surface area contributed by atoms with Crippen molar-refractivity contribution in [1.82, 2.24) is 0 Å². The van der Waals surface area contributed by atoms with Crippen LogP contribution in [0.2, 0.25) is 0 Å². The van der Waals surface area contributed by atoms with Crippen molar-refractivity contribution in [2.24, 2.45) is 0 Å². The number of benzene rings is 1. The Morgan fingerprint density at radius 1 is 1.35 bits per heavy atom. The third-order valence-corrected chi connectivity index (χ3v) is 2.98. The normalized spacial score (nSPS) is 21.4. The van der Waals surface area contributed by atoms with Crippen LogP contribution in [0.15, 0.2) is 24.3 Å². The van der Waals surface area contributed by atoms with Crippen LogP contribution in [0.25, 0.3) is 0 Å². The van der Waals surface area contributed by atoms with E-state index in [1.807, 2.05) is 0 Å². The molecule has 0 amide bonds. The molecule has 0 aromatic heterocycles. The quantitative estimate of drug-likeness (QED) is 0.696. The fourth-order valence-corrected chi connectivity index (χ4v) is 2.19. The fraction of sp³-hybridized carbons (Fsp3) is 0.385. The smallest absolute Gasteiger partial charge is 0.339 e. The van der Waals surface area contributed by atoms with E-state index in [-0.39, 0.29) is 0 Å². The third-order valence-electron chi connectivity index (χ3n) is 2.98. The Labute approximate surface area is 99.5 Å². The van der Waals surface area contributed by atoms with Crippen molar-refractivity contribution in [3.8, 4) is 0 Å². The molecular formula is C13H14O4. The standard InChI is InChI=1S/C13H14O4/c1-13(2)10(12(15)16-3)8-6-4-5-7-9(8)11(14)17-13/h4-7,10H,1-3H3.